The van der Waals surface area contributed by atoms with Crippen LogP contribution < -0.4 is 0 Å². The van der Waals surface area contributed by atoms with Gasteiger partial charge >= 0.3 is 5.97 Å². The Kier molecular flexibility index (Phi) is 5.29. The van der Waals surface area contributed by atoms with Crippen LogP contribution in [-0.4, -0.2) is 34.5 Å². The summed E-state index contributed by atoms with van der Waals surface area (Å²) in [5.74, 6) is -1.76. The molecule has 1 fully saturated rings. The van der Waals surface area contributed by atoms with Crippen LogP contribution >= 0.6 is 11.8 Å². The quantitative estimate of drug-likeness (QED) is 0.390. The van der Waals surface area contributed by atoms with Gasteiger partial charge in [-0.25, -0.2) is 4.79 Å². The number of ketones is 1. The Balaban J connectivity index is 2.26. The Labute approximate surface area is 134 Å². The van der Waals surface area contributed by atoms with Crippen molar-refractivity contribution in [3.63, 3.8) is 0 Å². The molecule has 0 bridgehead atoms. The zero-order valence-corrected chi connectivity index (χ0v) is 13.7. The fraction of sp³-hybridized carbons (Fsp3) is 0.412. The van der Waals surface area contributed by atoms with Gasteiger partial charge in [0, 0.05) is 17.6 Å². The van der Waals surface area contributed by atoms with Crippen LogP contribution in [0.5, 0.6) is 0 Å². The van der Waals surface area contributed by atoms with Crippen molar-refractivity contribution in [2.75, 3.05) is 6.26 Å². The number of hydrogen-bond acceptors (Lipinski definition) is 5. The first-order chi connectivity index (χ1) is 10.5. The molecule has 1 heterocycles. The van der Waals surface area contributed by atoms with Crippen molar-refractivity contribution in [2.45, 2.75) is 37.5 Å². The summed E-state index contributed by atoms with van der Waals surface area (Å²) in [6, 6.07) is 9.26. The van der Waals surface area contributed by atoms with Gasteiger partial charge in [0.05, 0.1) is 0 Å². The zero-order valence-electron chi connectivity index (χ0n) is 12.9. The highest BCUT2D eigenvalue weighted by molar-refractivity contribution is 7.99. The topological polar surface area (TPSA) is 63.6 Å². The van der Waals surface area contributed by atoms with E-state index in [1.165, 1.54) is 0 Å². The average molecular weight is 320 g/mol. The number of cyclic esters (lactones) is 1. The molecule has 0 radical (unpaired) electrons. The molecule has 1 N–H and O–H groups in total. The number of esters is 1. The zero-order chi connectivity index (χ0) is 16.3. The van der Waals surface area contributed by atoms with Gasteiger partial charge in [0.15, 0.2) is 6.10 Å². The van der Waals surface area contributed by atoms with E-state index in [4.69, 9.17) is 4.74 Å². The van der Waals surface area contributed by atoms with Gasteiger partial charge in [-0.3, -0.25) is 4.79 Å². The predicted octanol–water partition coefficient (Wildman–Crippen LogP) is 3.24. The van der Waals surface area contributed by atoms with Crippen LogP contribution in [0.15, 0.2) is 41.7 Å². The lowest BCUT2D eigenvalue weighted by Crippen LogP contribution is -2.21. The van der Waals surface area contributed by atoms with Gasteiger partial charge in [-0.15, -0.1) is 0 Å². The molecule has 0 aromatic heterocycles. The third-order valence-electron chi connectivity index (χ3n) is 3.91. The van der Waals surface area contributed by atoms with Crippen molar-refractivity contribution < 1.29 is 19.4 Å². The molecule has 2 rings (SSSR count). The fourth-order valence-electron chi connectivity index (χ4n) is 2.40. The number of thioether (sulfide) groups is 1. The number of Topliss-reactive ketones (excluding diaryl/α,β-unsaturated/α-hetero) is 1. The molecule has 0 amide bonds. The summed E-state index contributed by atoms with van der Waals surface area (Å²) < 4.78 is 5.15. The second-order valence-electron chi connectivity index (χ2n) is 5.43. The third kappa shape index (κ3) is 3.35. The van der Waals surface area contributed by atoms with Crippen molar-refractivity contribution in [1.29, 1.82) is 0 Å². The Bertz CT molecular complexity index is 594. The lowest BCUT2D eigenvalue weighted by Gasteiger charge is -2.12. The van der Waals surface area contributed by atoms with Gasteiger partial charge in [-0.05, 0) is 11.8 Å². The van der Waals surface area contributed by atoms with Crippen molar-refractivity contribution in [3.8, 4) is 0 Å². The molecule has 0 saturated carbocycles. The fourth-order valence-corrected chi connectivity index (χ4v) is 2.77. The summed E-state index contributed by atoms with van der Waals surface area (Å²) in [6.07, 6.45) is 1.62. The van der Waals surface area contributed by atoms with E-state index >= 15 is 0 Å². The van der Waals surface area contributed by atoms with E-state index in [1.807, 2.05) is 43.5 Å². The highest BCUT2D eigenvalue weighted by atomic mass is 32.2. The normalized spacial score (nSPS) is 23.1. The van der Waals surface area contributed by atoms with Gasteiger partial charge in [0.1, 0.15) is 11.3 Å². The Morgan fingerprint density at radius 1 is 1.27 bits per heavy atom. The van der Waals surface area contributed by atoms with E-state index in [0.29, 0.717) is 6.42 Å². The van der Waals surface area contributed by atoms with Crippen molar-refractivity contribution >= 4 is 23.5 Å². The number of aliphatic hydroxyl groups excluding tert-OH is 1. The van der Waals surface area contributed by atoms with Crippen molar-refractivity contribution in [2.24, 2.45) is 0 Å². The summed E-state index contributed by atoms with van der Waals surface area (Å²) >= 11 is 1.61. The molecule has 1 aliphatic rings. The predicted molar refractivity (Wildman–Crippen MR) is 87.0 cm³/mol. The maximum absolute atomic E-state index is 12.4. The van der Waals surface area contributed by atoms with Crippen LogP contribution in [0.1, 0.15) is 31.7 Å². The Morgan fingerprint density at radius 3 is 2.50 bits per heavy atom. The standard InChI is InChI=1S/C17H20O4S/c1-10(22-3)9-13-16(19)14(17(20)21-13)15(18)11(2)12-7-5-4-6-8-12/h4-8,10-11,13,18H,9H2,1-3H3/b15-14+. The SMILES string of the molecule is CSC(C)CC1OC(=O)/C(=C(/O)C(C)c2ccccc2)C1=O. The van der Waals surface area contributed by atoms with Crippen LogP contribution in [0.2, 0.25) is 0 Å². The van der Waals surface area contributed by atoms with Crippen LogP contribution in [0, 0.1) is 0 Å². The van der Waals surface area contributed by atoms with Crippen LogP contribution in [0.4, 0.5) is 0 Å². The molecule has 0 spiro atoms. The van der Waals surface area contributed by atoms with Gasteiger partial charge in [0.2, 0.25) is 5.78 Å². The lowest BCUT2D eigenvalue weighted by atomic mass is 9.94. The number of benzene rings is 1. The van der Waals surface area contributed by atoms with E-state index in [0.717, 1.165) is 5.56 Å². The number of rotatable bonds is 5. The first-order valence-corrected chi connectivity index (χ1v) is 8.50. The molecule has 0 aliphatic carbocycles. The number of aliphatic hydroxyl groups is 1. The molecule has 3 atom stereocenters. The molecule has 1 saturated heterocycles. The minimum absolute atomic E-state index is 0.199. The minimum Gasteiger partial charge on any atom is -0.511 e. The maximum atomic E-state index is 12.4. The Hall–Kier alpha value is -1.75. The largest absolute Gasteiger partial charge is 0.511 e. The smallest absolute Gasteiger partial charge is 0.346 e. The number of allylic oxidation sites excluding steroid dienone is 1. The summed E-state index contributed by atoms with van der Waals surface area (Å²) in [6.45, 7) is 3.73. The minimum atomic E-state index is -0.782. The summed E-state index contributed by atoms with van der Waals surface area (Å²) in [5.41, 5.74) is 0.642. The monoisotopic (exact) mass is 320 g/mol. The molecule has 1 aromatic rings. The first-order valence-electron chi connectivity index (χ1n) is 7.21. The second kappa shape index (κ2) is 7.01. The number of carbonyl (C=O) groups is 2. The molecule has 1 aliphatic heterocycles. The Morgan fingerprint density at radius 2 is 1.91 bits per heavy atom. The summed E-state index contributed by atoms with van der Waals surface area (Å²) in [4.78, 5) is 24.3. The molecular formula is C17H20O4S. The number of carbonyl (C=O) groups excluding carboxylic acids is 2. The number of hydrogen-bond donors (Lipinski definition) is 1. The van der Waals surface area contributed by atoms with Crippen molar-refractivity contribution in [1.82, 2.24) is 0 Å². The van der Waals surface area contributed by atoms with Gasteiger partial charge in [0.25, 0.3) is 0 Å². The van der Waals surface area contributed by atoms with Gasteiger partial charge < -0.3 is 9.84 Å². The molecule has 118 valence electrons. The molecule has 22 heavy (non-hydrogen) atoms. The van der Waals surface area contributed by atoms with Gasteiger partial charge in [-0.1, -0.05) is 44.2 Å². The molecule has 1 aromatic carbocycles. The second-order valence-corrected chi connectivity index (χ2v) is 6.71. The molecule has 3 unspecified atom stereocenters. The highest BCUT2D eigenvalue weighted by Crippen LogP contribution is 2.31. The van der Waals surface area contributed by atoms with Crippen molar-refractivity contribution in [3.05, 3.63) is 47.2 Å². The highest BCUT2D eigenvalue weighted by Gasteiger charge is 2.42. The van der Waals surface area contributed by atoms with Crippen LogP contribution in [-0.2, 0) is 14.3 Å². The first kappa shape index (κ1) is 16.6. The average Bonchev–Trinajstić information content (AvgIpc) is 2.80. The number of ether oxygens (including phenoxy) is 1. The lowest BCUT2D eigenvalue weighted by molar-refractivity contribution is -0.141. The van der Waals surface area contributed by atoms with E-state index in [9.17, 15) is 14.7 Å². The molecule has 4 nitrogen and oxygen atoms in total. The van der Waals surface area contributed by atoms with E-state index in [2.05, 4.69) is 0 Å². The van der Waals surface area contributed by atoms with Crippen LogP contribution in [0.3, 0.4) is 0 Å². The molecule has 5 heteroatoms. The summed E-state index contributed by atoms with van der Waals surface area (Å²) in [7, 11) is 0. The van der Waals surface area contributed by atoms with E-state index < -0.39 is 23.8 Å². The van der Waals surface area contributed by atoms with Crippen LogP contribution in [0.25, 0.3) is 0 Å². The van der Waals surface area contributed by atoms with E-state index in [-0.39, 0.29) is 16.6 Å². The van der Waals surface area contributed by atoms with E-state index in [1.54, 1.807) is 18.7 Å². The van der Waals surface area contributed by atoms with Gasteiger partial charge in [-0.2, -0.15) is 11.8 Å². The summed E-state index contributed by atoms with van der Waals surface area (Å²) in [5, 5.41) is 10.6. The maximum Gasteiger partial charge on any atom is 0.346 e. The molecular weight excluding hydrogens is 300 g/mol. The third-order valence-corrected chi connectivity index (χ3v) is 4.90.